The number of anilines is 1. The number of ether oxygens (including phenoxy) is 1. The van der Waals surface area contributed by atoms with Crippen LogP contribution in [0.15, 0.2) is 108 Å². The Morgan fingerprint density at radius 1 is 0.844 bits per heavy atom. The van der Waals surface area contributed by atoms with Crippen molar-refractivity contribution in [3.8, 4) is 11.5 Å². The molecule has 0 bridgehead atoms. The van der Waals surface area contributed by atoms with Crippen molar-refractivity contribution in [1.29, 1.82) is 0 Å². The lowest BCUT2D eigenvalue weighted by atomic mass is 10.1. The third-order valence-electron chi connectivity index (χ3n) is 7.11. The SMILES string of the molecule is CC[C@@H](C(=O)NC(C)C)N(Cc1ccccc1Cl)C(=O)CN(c1ccc(Oc2ccccc2)cc1)S(=O)(=O)c1ccc(C)cc1. The highest BCUT2D eigenvalue weighted by atomic mass is 35.5. The van der Waals surface area contributed by atoms with Crippen molar-refractivity contribution in [2.75, 3.05) is 10.8 Å². The molecule has 0 fully saturated rings. The van der Waals surface area contributed by atoms with E-state index in [-0.39, 0.29) is 29.1 Å². The summed E-state index contributed by atoms with van der Waals surface area (Å²) < 4.78 is 35.2. The van der Waals surface area contributed by atoms with Gasteiger partial charge < -0.3 is 15.0 Å². The van der Waals surface area contributed by atoms with Crippen LogP contribution in [-0.2, 0) is 26.2 Å². The summed E-state index contributed by atoms with van der Waals surface area (Å²) in [5.74, 6) is 0.245. The van der Waals surface area contributed by atoms with E-state index in [1.165, 1.54) is 17.0 Å². The molecule has 8 nitrogen and oxygen atoms in total. The number of halogens is 1. The Morgan fingerprint density at radius 3 is 2.04 bits per heavy atom. The molecule has 10 heteroatoms. The average molecular weight is 648 g/mol. The van der Waals surface area contributed by atoms with Gasteiger partial charge in [-0.2, -0.15) is 0 Å². The molecule has 0 unspecified atom stereocenters. The molecule has 0 aromatic heterocycles. The zero-order valence-electron chi connectivity index (χ0n) is 25.8. The van der Waals surface area contributed by atoms with Gasteiger partial charge in [0, 0.05) is 17.6 Å². The lowest BCUT2D eigenvalue weighted by molar-refractivity contribution is -0.140. The molecule has 0 radical (unpaired) electrons. The van der Waals surface area contributed by atoms with Crippen molar-refractivity contribution in [3.05, 3.63) is 119 Å². The lowest BCUT2D eigenvalue weighted by Crippen LogP contribution is -2.53. The van der Waals surface area contributed by atoms with Gasteiger partial charge in [0.1, 0.15) is 24.1 Å². The molecule has 1 atom stereocenters. The molecule has 4 aromatic carbocycles. The number of aryl methyl sites for hydroxylation is 1. The van der Waals surface area contributed by atoms with E-state index >= 15 is 0 Å². The van der Waals surface area contributed by atoms with Crippen molar-refractivity contribution >= 4 is 39.1 Å². The third kappa shape index (κ3) is 8.65. The first-order valence-electron chi connectivity index (χ1n) is 14.7. The molecule has 4 rings (SSSR count). The van der Waals surface area contributed by atoms with E-state index in [1.54, 1.807) is 60.7 Å². The first-order valence-corrected chi connectivity index (χ1v) is 16.6. The Hall–Kier alpha value is -4.34. The number of amides is 2. The van der Waals surface area contributed by atoms with Gasteiger partial charge in [0.05, 0.1) is 10.6 Å². The zero-order chi connectivity index (χ0) is 32.6. The summed E-state index contributed by atoms with van der Waals surface area (Å²) in [4.78, 5) is 29.0. The highest BCUT2D eigenvalue weighted by Gasteiger charge is 2.34. The summed E-state index contributed by atoms with van der Waals surface area (Å²) in [6, 6.07) is 28.2. The molecule has 0 heterocycles. The highest BCUT2D eigenvalue weighted by molar-refractivity contribution is 7.92. The van der Waals surface area contributed by atoms with Gasteiger partial charge in [-0.1, -0.05) is 72.6 Å². The maximum atomic E-state index is 14.2. The minimum Gasteiger partial charge on any atom is -0.457 e. The standard InChI is InChI=1S/C35H38ClN3O5S/c1-5-33(35(41)37-25(2)3)38(23-27-11-9-10-14-32(27)36)34(40)24-39(45(42,43)31-21-15-26(4)16-22-31)28-17-19-30(20-18-28)44-29-12-7-6-8-13-29/h6-22,25,33H,5,23-24H2,1-4H3,(H,37,41)/t33-/m0/s1. The van der Waals surface area contributed by atoms with Crippen LogP contribution in [0.3, 0.4) is 0 Å². The van der Waals surface area contributed by atoms with Crippen molar-refractivity contribution in [2.45, 2.75) is 57.6 Å². The number of carbonyl (C=O) groups excluding carboxylic acids is 2. The first kappa shape index (κ1) is 33.6. The fraction of sp³-hybridized carbons (Fsp3) is 0.257. The predicted molar refractivity (Wildman–Crippen MR) is 178 cm³/mol. The van der Waals surface area contributed by atoms with Crippen LogP contribution in [0.2, 0.25) is 5.02 Å². The summed E-state index contributed by atoms with van der Waals surface area (Å²) in [6.07, 6.45) is 0.310. The van der Waals surface area contributed by atoms with Crippen molar-refractivity contribution in [3.63, 3.8) is 0 Å². The van der Waals surface area contributed by atoms with E-state index < -0.39 is 28.5 Å². The number of rotatable bonds is 13. The van der Waals surface area contributed by atoms with Crippen LogP contribution in [0.4, 0.5) is 5.69 Å². The number of carbonyl (C=O) groups is 2. The predicted octanol–water partition coefficient (Wildman–Crippen LogP) is 6.97. The molecule has 236 valence electrons. The Labute approximate surface area is 270 Å². The van der Waals surface area contributed by atoms with Gasteiger partial charge in [0.15, 0.2) is 0 Å². The van der Waals surface area contributed by atoms with Crippen LogP contribution in [0.1, 0.15) is 38.3 Å². The van der Waals surface area contributed by atoms with E-state index in [9.17, 15) is 18.0 Å². The highest BCUT2D eigenvalue weighted by Crippen LogP contribution is 2.29. The second-order valence-corrected chi connectivity index (χ2v) is 13.2. The normalized spacial score (nSPS) is 12.0. The quantitative estimate of drug-likeness (QED) is 0.169. The molecule has 0 saturated carbocycles. The Bertz CT molecular complexity index is 1700. The van der Waals surface area contributed by atoms with Crippen LogP contribution >= 0.6 is 11.6 Å². The number of nitrogens with one attached hydrogen (secondary N) is 1. The molecule has 0 aliphatic carbocycles. The van der Waals surface area contributed by atoms with Crippen molar-refractivity contribution in [1.82, 2.24) is 10.2 Å². The van der Waals surface area contributed by atoms with E-state index in [1.807, 2.05) is 58.0 Å². The van der Waals surface area contributed by atoms with Gasteiger partial charge in [-0.3, -0.25) is 13.9 Å². The maximum absolute atomic E-state index is 14.2. The maximum Gasteiger partial charge on any atom is 0.264 e. The molecule has 4 aromatic rings. The van der Waals surface area contributed by atoms with Crippen LogP contribution in [0, 0.1) is 6.92 Å². The summed E-state index contributed by atoms with van der Waals surface area (Å²) in [6.45, 7) is 6.82. The van der Waals surface area contributed by atoms with Crippen LogP contribution in [0.25, 0.3) is 0 Å². The average Bonchev–Trinajstić information content (AvgIpc) is 3.01. The molecule has 45 heavy (non-hydrogen) atoms. The fourth-order valence-corrected chi connectivity index (χ4v) is 6.39. The lowest BCUT2D eigenvalue weighted by Gasteiger charge is -2.33. The smallest absolute Gasteiger partial charge is 0.264 e. The first-order chi connectivity index (χ1) is 21.5. The topological polar surface area (TPSA) is 96.0 Å². The van der Waals surface area contributed by atoms with Gasteiger partial charge >= 0.3 is 0 Å². The molecule has 0 aliphatic rings. The summed E-state index contributed by atoms with van der Waals surface area (Å²) >= 11 is 6.47. The summed E-state index contributed by atoms with van der Waals surface area (Å²) in [5, 5.41) is 3.33. The summed E-state index contributed by atoms with van der Waals surface area (Å²) in [7, 11) is -4.21. The van der Waals surface area contributed by atoms with Gasteiger partial charge in [-0.05, 0) is 87.4 Å². The van der Waals surface area contributed by atoms with E-state index in [0.29, 0.717) is 28.5 Å². The summed E-state index contributed by atoms with van der Waals surface area (Å²) in [5.41, 5.74) is 1.80. The van der Waals surface area contributed by atoms with E-state index in [0.717, 1.165) is 9.87 Å². The molecule has 2 amide bonds. The number of para-hydroxylation sites is 1. The fourth-order valence-electron chi connectivity index (χ4n) is 4.78. The Balaban J connectivity index is 1.74. The third-order valence-corrected chi connectivity index (χ3v) is 9.26. The number of hydrogen-bond acceptors (Lipinski definition) is 5. The molecular formula is C35H38ClN3O5S. The molecular weight excluding hydrogens is 610 g/mol. The molecule has 0 saturated heterocycles. The van der Waals surface area contributed by atoms with Crippen LogP contribution < -0.4 is 14.4 Å². The molecule has 0 aliphatic heterocycles. The van der Waals surface area contributed by atoms with Gasteiger partial charge in [-0.15, -0.1) is 0 Å². The minimum atomic E-state index is -4.21. The van der Waals surface area contributed by atoms with Crippen LogP contribution in [-0.4, -0.2) is 43.8 Å². The van der Waals surface area contributed by atoms with E-state index in [2.05, 4.69) is 5.32 Å². The van der Waals surface area contributed by atoms with Gasteiger partial charge in [0.25, 0.3) is 10.0 Å². The molecule has 1 N–H and O–H groups in total. The van der Waals surface area contributed by atoms with Gasteiger partial charge in [0.2, 0.25) is 11.8 Å². The number of benzene rings is 4. The van der Waals surface area contributed by atoms with Crippen LogP contribution in [0.5, 0.6) is 11.5 Å². The van der Waals surface area contributed by atoms with Crippen molar-refractivity contribution < 1.29 is 22.7 Å². The Kier molecular flexibility index (Phi) is 11.3. The zero-order valence-corrected chi connectivity index (χ0v) is 27.4. The second kappa shape index (κ2) is 15.1. The number of hydrogen-bond donors (Lipinski definition) is 1. The second-order valence-electron chi connectivity index (χ2n) is 10.9. The largest absolute Gasteiger partial charge is 0.457 e. The molecule has 0 spiro atoms. The monoisotopic (exact) mass is 647 g/mol. The van der Waals surface area contributed by atoms with E-state index in [4.69, 9.17) is 16.3 Å². The Morgan fingerprint density at radius 2 is 1.44 bits per heavy atom. The minimum absolute atomic E-state index is 0.0187. The number of sulfonamides is 1. The number of nitrogens with zero attached hydrogens (tertiary/aromatic N) is 2. The van der Waals surface area contributed by atoms with Gasteiger partial charge in [-0.25, -0.2) is 8.42 Å². The van der Waals surface area contributed by atoms with Crippen molar-refractivity contribution in [2.24, 2.45) is 0 Å².